The Balaban J connectivity index is 3.13. The van der Waals surface area contributed by atoms with Gasteiger partial charge in [0, 0.05) is 39.6 Å². The topological polar surface area (TPSA) is 71.5 Å². The minimum Gasteiger partial charge on any atom is -0.387 e. The van der Waals surface area contributed by atoms with Gasteiger partial charge in [-0.2, -0.15) is 4.31 Å². The zero-order valence-corrected chi connectivity index (χ0v) is 11.9. The zero-order valence-electron chi connectivity index (χ0n) is 11.0. The number of aromatic nitrogens is 1. The lowest BCUT2D eigenvalue weighted by molar-refractivity contribution is 0.149. The molecule has 0 saturated carbocycles. The van der Waals surface area contributed by atoms with Gasteiger partial charge < -0.3 is 10.1 Å². The van der Waals surface area contributed by atoms with Crippen LogP contribution in [-0.2, 0) is 14.8 Å². The van der Waals surface area contributed by atoms with E-state index in [0.717, 1.165) is 0 Å². The van der Waals surface area contributed by atoms with Crippen LogP contribution in [0.2, 0.25) is 0 Å². The van der Waals surface area contributed by atoms with Gasteiger partial charge in [-0.15, -0.1) is 0 Å². The van der Waals surface area contributed by atoms with Crippen LogP contribution < -0.4 is 5.32 Å². The van der Waals surface area contributed by atoms with Gasteiger partial charge in [0.1, 0.15) is 4.90 Å². The van der Waals surface area contributed by atoms with Crippen LogP contribution >= 0.6 is 0 Å². The quantitative estimate of drug-likeness (QED) is 0.829. The summed E-state index contributed by atoms with van der Waals surface area (Å²) < 4.78 is 31.1. The fraction of sp³-hybridized carbons (Fsp3) is 0.545. The van der Waals surface area contributed by atoms with Crippen LogP contribution in [-0.4, -0.2) is 51.6 Å². The summed E-state index contributed by atoms with van der Waals surface area (Å²) in [7, 11) is 1.17. The molecule has 0 amide bonds. The highest BCUT2D eigenvalue weighted by molar-refractivity contribution is 7.89. The number of nitrogens with one attached hydrogen (secondary N) is 1. The monoisotopic (exact) mass is 273 g/mol. The van der Waals surface area contributed by atoms with Gasteiger partial charge in [0.2, 0.25) is 10.0 Å². The molecule has 0 bridgehead atoms. The molecule has 0 aromatic carbocycles. The number of ether oxygens (including phenoxy) is 1. The molecule has 0 aliphatic heterocycles. The number of rotatable bonds is 6. The summed E-state index contributed by atoms with van der Waals surface area (Å²) in [6, 6.07) is 1.38. The first-order valence-electron chi connectivity index (χ1n) is 5.54. The van der Waals surface area contributed by atoms with E-state index in [1.165, 1.54) is 17.5 Å². The molecular weight excluding hydrogens is 254 g/mol. The van der Waals surface area contributed by atoms with E-state index >= 15 is 0 Å². The fourth-order valence-corrected chi connectivity index (χ4v) is 3.02. The molecule has 0 spiro atoms. The first-order chi connectivity index (χ1) is 8.45. The molecule has 0 saturated heterocycles. The number of pyridine rings is 1. The Bertz CT molecular complexity index is 490. The van der Waals surface area contributed by atoms with Crippen molar-refractivity contribution in [2.45, 2.75) is 17.9 Å². The standard InChI is InChI=1S/C11H19N3O3S/c1-9(8-17-4)14(3)18(15,16)11-7-13-6-5-10(11)12-2/h5-7,9H,8H2,1-4H3,(H,12,13). The van der Waals surface area contributed by atoms with Crippen molar-refractivity contribution < 1.29 is 13.2 Å². The number of likely N-dealkylation sites (N-methyl/N-ethyl adjacent to an activating group) is 1. The third-order valence-corrected chi connectivity index (χ3v) is 4.74. The van der Waals surface area contributed by atoms with Crippen LogP contribution in [0.25, 0.3) is 0 Å². The number of sulfonamides is 1. The molecule has 1 atom stereocenters. The van der Waals surface area contributed by atoms with Crippen LogP contribution in [0.3, 0.4) is 0 Å². The second-order valence-corrected chi connectivity index (χ2v) is 5.91. The van der Waals surface area contributed by atoms with Crippen molar-refractivity contribution in [2.24, 2.45) is 0 Å². The lowest BCUT2D eigenvalue weighted by atomic mass is 10.4. The molecule has 1 aromatic rings. The fourth-order valence-electron chi connectivity index (χ4n) is 1.53. The van der Waals surface area contributed by atoms with E-state index in [1.54, 1.807) is 33.3 Å². The average Bonchev–Trinajstić information content (AvgIpc) is 2.38. The Morgan fingerprint density at radius 2 is 2.22 bits per heavy atom. The highest BCUT2D eigenvalue weighted by Gasteiger charge is 2.27. The number of hydrogen-bond donors (Lipinski definition) is 1. The Kier molecular flexibility index (Phi) is 5.06. The van der Waals surface area contributed by atoms with Gasteiger partial charge in [-0.1, -0.05) is 0 Å². The molecule has 1 rings (SSSR count). The minimum absolute atomic E-state index is 0.165. The van der Waals surface area contributed by atoms with Gasteiger partial charge in [0.25, 0.3) is 0 Å². The van der Waals surface area contributed by atoms with Crippen LogP contribution in [0, 0.1) is 0 Å². The molecule has 1 N–H and O–H groups in total. The Labute approximate surface area is 108 Å². The van der Waals surface area contributed by atoms with Crippen molar-refractivity contribution in [2.75, 3.05) is 33.1 Å². The smallest absolute Gasteiger partial charge is 0.246 e. The predicted molar refractivity (Wildman–Crippen MR) is 70.1 cm³/mol. The molecule has 6 nitrogen and oxygen atoms in total. The molecule has 1 heterocycles. The predicted octanol–water partition coefficient (Wildman–Crippen LogP) is 0.779. The van der Waals surface area contributed by atoms with E-state index in [2.05, 4.69) is 10.3 Å². The van der Waals surface area contributed by atoms with Gasteiger partial charge in [-0.3, -0.25) is 4.98 Å². The molecule has 7 heteroatoms. The molecule has 102 valence electrons. The number of hydrogen-bond acceptors (Lipinski definition) is 5. The van der Waals surface area contributed by atoms with E-state index in [0.29, 0.717) is 12.3 Å². The van der Waals surface area contributed by atoms with Gasteiger partial charge in [0.15, 0.2) is 0 Å². The number of anilines is 1. The van der Waals surface area contributed by atoms with E-state index in [1.807, 2.05) is 0 Å². The molecular formula is C11H19N3O3S. The van der Waals surface area contributed by atoms with Crippen molar-refractivity contribution in [3.8, 4) is 0 Å². The average molecular weight is 273 g/mol. The summed E-state index contributed by atoms with van der Waals surface area (Å²) >= 11 is 0. The van der Waals surface area contributed by atoms with Crippen LogP contribution in [0.5, 0.6) is 0 Å². The first kappa shape index (κ1) is 14.9. The normalized spacial score (nSPS) is 13.6. The van der Waals surface area contributed by atoms with Crippen molar-refractivity contribution in [1.82, 2.24) is 9.29 Å². The summed E-state index contributed by atoms with van der Waals surface area (Å²) in [5, 5.41) is 2.85. The SMILES string of the molecule is CNc1ccncc1S(=O)(=O)N(C)C(C)COC. The zero-order chi connectivity index (χ0) is 13.8. The molecule has 0 aliphatic rings. The van der Waals surface area contributed by atoms with Crippen molar-refractivity contribution in [3.63, 3.8) is 0 Å². The third kappa shape index (κ3) is 2.98. The Hall–Kier alpha value is -1.18. The molecule has 1 unspecified atom stereocenters. The summed E-state index contributed by atoms with van der Waals surface area (Å²) in [5.74, 6) is 0. The highest BCUT2D eigenvalue weighted by atomic mass is 32.2. The van der Waals surface area contributed by atoms with E-state index in [-0.39, 0.29) is 10.9 Å². The molecule has 0 fully saturated rings. The van der Waals surface area contributed by atoms with Crippen molar-refractivity contribution >= 4 is 15.7 Å². The van der Waals surface area contributed by atoms with Gasteiger partial charge in [-0.25, -0.2) is 8.42 Å². The second-order valence-electron chi connectivity index (χ2n) is 3.95. The summed E-state index contributed by atoms with van der Waals surface area (Å²) in [4.78, 5) is 4.03. The number of nitrogens with zero attached hydrogens (tertiary/aromatic N) is 2. The summed E-state index contributed by atoms with van der Waals surface area (Å²) in [6.45, 7) is 2.13. The first-order valence-corrected chi connectivity index (χ1v) is 6.98. The van der Waals surface area contributed by atoms with Crippen LogP contribution in [0.1, 0.15) is 6.92 Å². The van der Waals surface area contributed by atoms with Gasteiger partial charge in [-0.05, 0) is 13.0 Å². The maximum atomic E-state index is 12.4. The van der Waals surface area contributed by atoms with Crippen molar-refractivity contribution in [1.29, 1.82) is 0 Å². The van der Waals surface area contributed by atoms with Gasteiger partial charge >= 0.3 is 0 Å². The Morgan fingerprint density at radius 1 is 1.56 bits per heavy atom. The molecule has 0 aliphatic carbocycles. The lowest BCUT2D eigenvalue weighted by Crippen LogP contribution is -2.38. The third-order valence-electron chi connectivity index (χ3n) is 2.74. The maximum absolute atomic E-state index is 12.4. The number of methoxy groups -OCH3 is 1. The van der Waals surface area contributed by atoms with E-state index < -0.39 is 10.0 Å². The molecule has 1 aromatic heterocycles. The highest BCUT2D eigenvalue weighted by Crippen LogP contribution is 2.23. The minimum atomic E-state index is -3.57. The summed E-state index contributed by atoms with van der Waals surface area (Å²) in [5.41, 5.74) is 0.529. The van der Waals surface area contributed by atoms with Crippen LogP contribution in [0.15, 0.2) is 23.4 Å². The maximum Gasteiger partial charge on any atom is 0.246 e. The second kappa shape index (κ2) is 6.12. The summed E-state index contributed by atoms with van der Waals surface area (Å²) in [6.07, 6.45) is 2.89. The lowest BCUT2D eigenvalue weighted by Gasteiger charge is -2.24. The van der Waals surface area contributed by atoms with E-state index in [9.17, 15) is 8.42 Å². The van der Waals surface area contributed by atoms with Gasteiger partial charge in [0.05, 0.1) is 12.3 Å². The molecule has 18 heavy (non-hydrogen) atoms. The molecule has 0 radical (unpaired) electrons. The van der Waals surface area contributed by atoms with E-state index in [4.69, 9.17) is 4.74 Å². The van der Waals surface area contributed by atoms with Crippen LogP contribution in [0.4, 0.5) is 5.69 Å². The largest absolute Gasteiger partial charge is 0.387 e. The van der Waals surface area contributed by atoms with Crippen molar-refractivity contribution in [3.05, 3.63) is 18.5 Å². The Morgan fingerprint density at radius 3 is 2.78 bits per heavy atom.